The number of hydrogen-bond acceptors (Lipinski definition) is 4. The number of nitrogens with zero attached hydrogens (tertiary/aromatic N) is 3. The highest BCUT2D eigenvalue weighted by Crippen LogP contribution is 2.26. The molecule has 25 heavy (non-hydrogen) atoms. The number of nitrogens with one attached hydrogen (secondary N) is 1. The first-order valence-electron chi connectivity index (χ1n) is 7.47. The van der Waals surface area contributed by atoms with Crippen LogP contribution < -0.4 is 5.32 Å². The minimum Gasteiger partial charge on any atom is -0.323 e. The fourth-order valence-electron chi connectivity index (χ4n) is 2.04. The highest BCUT2D eigenvalue weighted by atomic mass is 32.2. The van der Waals surface area contributed by atoms with Crippen LogP contribution in [0.1, 0.15) is 5.56 Å². The quantitative estimate of drug-likeness (QED) is 0.709. The summed E-state index contributed by atoms with van der Waals surface area (Å²) < 4.78 is 14.9. The first-order valence-corrected chi connectivity index (χ1v) is 8.28. The van der Waals surface area contributed by atoms with Gasteiger partial charge in [-0.15, -0.1) is 10.2 Å². The van der Waals surface area contributed by atoms with Crippen molar-refractivity contribution in [1.29, 1.82) is 0 Å². The molecule has 126 valence electrons. The van der Waals surface area contributed by atoms with Crippen LogP contribution in [-0.4, -0.2) is 20.7 Å². The fraction of sp³-hybridized carbons (Fsp3) is 0.0556. The van der Waals surface area contributed by atoms with Crippen LogP contribution in [0, 0.1) is 5.82 Å². The molecule has 3 aromatic rings. The second-order valence-electron chi connectivity index (χ2n) is 5.23. The van der Waals surface area contributed by atoms with Gasteiger partial charge in [0.25, 0.3) is 0 Å². The first-order chi connectivity index (χ1) is 12.1. The summed E-state index contributed by atoms with van der Waals surface area (Å²) in [5.41, 5.74) is 1.31. The molecule has 0 atom stereocenters. The lowest BCUT2D eigenvalue weighted by Gasteiger charge is -2.04. The number of halogens is 1. The molecule has 0 bridgehead atoms. The molecule has 3 rings (SSSR count). The van der Waals surface area contributed by atoms with Crippen LogP contribution in [0.25, 0.3) is 6.08 Å². The molecule has 0 saturated heterocycles. The van der Waals surface area contributed by atoms with Crippen molar-refractivity contribution in [2.45, 2.75) is 10.1 Å². The Labute approximate surface area is 148 Å². The third kappa shape index (κ3) is 4.77. The zero-order valence-electron chi connectivity index (χ0n) is 13.4. The van der Waals surface area contributed by atoms with Crippen molar-refractivity contribution in [3.8, 4) is 0 Å². The minimum absolute atomic E-state index is 0.280. The average molecular weight is 354 g/mol. The summed E-state index contributed by atoms with van der Waals surface area (Å²) >= 11 is 1.48. The molecule has 0 spiro atoms. The Morgan fingerprint density at radius 2 is 2.04 bits per heavy atom. The van der Waals surface area contributed by atoms with Crippen LogP contribution in [0.4, 0.5) is 10.1 Å². The molecule has 7 heteroatoms. The van der Waals surface area contributed by atoms with Crippen molar-refractivity contribution < 1.29 is 9.18 Å². The third-order valence-electron chi connectivity index (χ3n) is 3.28. The van der Waals surface area contributed by atoms with Gasteiger partial charge in [-0.25, -0.2) is 4.39 Å². The molecule has 0 radical (unpaired) electrons. The van der Waals surface area contributed by atoms with Crippen LogP contribution >= 0.6 is 11.8 Å². The van der Waals surface area contributed by atoms with Crippen molar-refractivity contribution in [1.82, 2.24) is 14.8 Å². The number of anilines is 1. The Morgan fingerprint density at radius 3 is 2.72 bits per heavy atom. The monoisotopic (exact) mass is 354 g/mol. The predicted octanol–water partition coefficient (Wildman–Crippen LogP) is 3.76. The molecule has 1 heterocycles. The summed E-state index contributed by atoms with van der Waals surface area (Å²) in [7, 11) is 1.88. The van der Waals surface area contributed by atoms with Gasteiger partial charge in [0.1, 0.15) is 12.1 Å². The number of aryl methyl sites for hydroxylation is 1. The summed E-state index contributed by atoms with van der Waals surface area (Å²) in [5, 5.41) is 11.4. The molecule has 1 amide bonds. The first kappa shape index (κ1) is 16.9. The van der Waals surface area contributed by atoms with Gasteiger partial charge < -0.3 is 9.88 Å². The van der Waals surface area contributed by atoms with Crippen molar-refractivity contribution in [2.75, 3.05) is 5.32 Å². The molecular weight excluding hydrogens is 339 g/mol. The number of hydrogen-bond donors (Lipinski definition) is 1. The lowest BCUT2D eigenvalue weighted by atomic mass is 10.2. The number of carbonyl (C=O) groups excluding carboxylic acids is 1. The third-order valence-corrected chi connectivity index (χ3v) is 4.34. The molecule has 1 aromatic heterocycles. The van der Waals surface area contributed by atoms with E-state index in [4.69, 9.17) is 0 Å². The lowest BCUT2D eigenvalue weighted by molar-refractivity contribution is -0.111. The van der Waals surface area contributed by atoms with Gasteiger partial charge in [0.05, 0.1) is 0 Å². The summed E-state index contributed by atoms with van der Waals surface area (Å²) in [5.74, 6) is -0.614. The van der Waals surface area contributed by atoms with E-state index in [1.54, 1.807) is 24.5 Å². The second kappa shape index (κ2) is 7.76. The Morgan fingerprint density at radius 1 is 1.24 bits per heavy atom. The van der Waals surface area contributed by atoms with Gasteiger partial charge in [0, 0.05) is 23.7 Å². The smallest absolute Gasteiger partial charge is 0.248 e. The van der Waals surface area contributed by atoms with E-state index in [9.17, 15) is 9.18 Å². The summed E-state index contributed by atoms with van der Waals surface area (Å²) in [6.45, 7) is 0. The summed E-state index contributed by atoms with van der Waals surface area (Å²) in [6.07, 6.45) is 4.58. The van der Waals surface area contributed by atoms with Crippen molar-refractivity contribution >= 4 is 29.4 Å². The van der Waals surface area contributed by atoms with Crippen LogP contribution in [-0.2, 0) is 11.8 Å². The van der Waals surface area contributed by atoms with E-state index in [-0.39, 0.29) is 11.7 Å². The normalized spacial score (nSPS) is 11.0. The summed E-state index contributed by atoms with van der Waals surface area (Å²) in [4.78, 5) is 12.9. The lowest BCUT2D eigenvalue weighted by Crippen LogP contribution is -2.07. The molecule has 0 aliphatic rings. The van der Waals surface area contributed by atoms with E-state index in [0.717, 1.165) is 10.1 Å². The number of aromatic nitrogens is 3. The Kier molecular flexibility index (Phi) is 5.25. The highest BCUT2D eigenvalue weighted by molar-refractivity contribution is 7.99. The fourth-order valence-corrected chi connectivity index (χ4v) is 2.80. The van der Waals surface area contributed by atoms with Crippen LogP contribution in [0.5, 0.6) is 0 Å². The Bertz CT molecular complexity index is 905. The molecule has 0 aliphatic heterocycles. The van der Waals surface area contributed by atoms with Gasteiger partial charge in [-0.1, -0.05) is 12.1 Å². The van der Waals surface area contributed by atoms with Gasteiger partial charge in [-0.05, 0) is 59.8 Å². The van der Waals surface area contributed by atoms with E-state index in [2.05, 4.69) is 15.5 Å². The van der Waals surface area contributed by atoms with Gasteiger partial charge >= 0.3 is 0 Å². The van der Waals surface area contributed by atoms with Gasteiger partial charge in [0.15, 0.2) is 5.16 Å². The number of benzene rings is 2. The zero-order valence-corrected chi connectivity index (χ0v) is 14.2. The molecule has 0 aliphatic carbocycles. The van der Waals surface area contributed by atoms with Gasteiger partial charge in [0.2, 0.25) is 5.91 Å². The van der Waals surface area contributed by atoms with E-state index >= 15 is 0 Å². The van der Waals surface area contributed by atoms with Crippen LogP contribution in [0.15, 0.2) is 71.0 Å². The Hall–Kier alpha value is -2.93. The SMILES string of the molecule is Cn1cnnc1Sc1ccc(NC(=O)/C=C/c2cccc(F)c2)cc1. The second-order valence-corrected chi connectivity index (χ2v) is 6.27. The maximum Gasteiger partial charge on any atom is 0.248 e. The molecule has 0 fully saturated rings. The average Bonchev–Trinajstić information content (AvgIpc) is 3.00. The maximum atomic E-state index is 13.1. The molecule has 0 unspecified atom stereocenters. The van der Waals surface area contributed by atoms with Crippen molar-refractivity contribution in [3.63, 3.8) is 0 Å². The number of rotatable bonds is 5. The van der Waals surface area contributed by atoms with Gasteiger partial charge in [-0.2, -0.15) is 0 Å². The highest BCUT2D eigenvalue weighted by Gasteiger charge is 2.04. The van der Waals surface area contributed by atoms with E-state index in [0.29, 0.717) is 11.3 Å². The largest absolute Gasteiger partial charge is 0.323 e. The molecule has 5 nitrogen and oxygen atoms in total. The van der Waals surface area contributed by atoms with E-state index < -0.39 is 0 Å². The summed E-state index contributed by atoms with van der Waals surface area (Å²) in [6, 6.07) is 13.5. The van der Waals surface area contributed by atoms with Gasteiger partial charge in [-0.3, -0.25) is 4.79 Å². The number of carbonyl (C=O) groups is 1. The van der Waals surface area contributed by atoms with Crippen molar-refractivity contribution in [2.24, 2.45) is 7.05 Å². The topological polar surface area (TPSA) is 59.8 Å². The zero-order chi connectivity index (χ0) is 17.6. The van der Waals surface area contributed by atoms with Crippen molar-refractivity contribution in [3.05, 3.63) is 72.3 Å². The molecule has 1 N–H and O–H groups in total. The predicted molar refractivity (Wildman–Crippen MR) is 95.6 cm³/mol. The maximum absolute atomic E-state index is 13.1. The molecular formula is C18H15FN4OS. The van der Waals surface area contributed by atoms with E-state index in [1.165, 1.54) is 30.0 Å². The standard InChI is InChI=1S/C18H15FN4OS/c1-23-12-20-22-18(23)25-16-8-6-15(7-9-16)21-17(24)10-5-13-3-2-4-14(19)11-13/h2-12H,1H3,(H,21,24)/b10-5+. The van der Waals surface area contributed by atoms with Crippen LogP contribution in [0.3, 0.4) is 0 Å². The minimum atomic E-state index is -0.335. The Balaban J connectivity index is 1.59. The number of amides is 1. The van der Waals surface area contributed by atoms with Crippen LogP contribution in [0.2, 0.25) is 0 Å². The molecule has 0 saturated carbocycles. The molecule has 2 aromatic carbocycles. The van der Waals surface area contributed by atoms with E-state index in [1.807, 2.05) is 35.9 Å².